The third kappa shape index (κ3) is 2.58. The van der Waals surface area contributed by atoms with Gasteiger partial charge >= 0.3 is 0 Å². The van der Waals surface area contributed by atoms with E-state index in [1.54, 1.807) is 0 Å². The summed E-state index contributed by atoms with van der Waals surface area (Å²) in [6.45, 7) is 0. The zero-order valence-electron chi connectivity index (χ0n) is 13.9. The van der Waals surface area contributed by atoms with E-state index in [9.17, 15) is 0 Å². The average Bonchev–Trinajstić information content (AvgIpc) is 3.27. The summed E-state index contributed by atoms with van der Waals surface area (Å²) in [5.74, 6) is 0.258. The van der Waals surface area contributed by atoms with Crippen molar-refractivity contribution in [3.8, 4) is 16.8 Å². The van der Waals surface area contributed by atoms with Crippen molar-refractivity contribution in [2.24, 2.45) is 0 Å². The molecule has 5 rings (SSSR count). The molecule has 0 amide bonds. The van der Waals surface area contributed by atoms with Crippen LogP contribution in [0.15, 0.2) is 94.1 Å². The lowest BCUT2D eigenvalue weighted by molar-refractivity contribution is 1.00. The van der Waals surface area contributed by atoms with Gasteiger partial charge in [-0.05, 0) is 76.3 Å². The first-order valence-corrected chi connectivity index (χ1v) is 10.1. The van der Waals surface area contributed by atoms with Crippen molar-refractivity contribution in [3.05, 3.63) is 111 Å². The van der Waals surface area contributed by atoms with E-state index in [4.69, 9.17) is 0 Å². The zero-order valence-corrected chi connectivity index (χ0v) is 17.0. The largest absolute Gasteiger partial charge is 0.324 e. The van der Waals surface area contributed by atoms with Crippen molar-refractivity contribution in [2.45, 2.75) is 5.92 Å². The minimum atomic E-state index is 0.258. The molecular formula is C23H15Br2N. The Labute approximate surface area is 169 Å². The molecule has 4 aromatic rings. The molecule has 1 heterocycles. The minimum absolute atomic E-state index is 0.258. The van der Waals surface area contributed by atoms with E-state index in [0.717, 1.165) is 8.95 Å². The molecule has 0 N–H and O–H groups in total. The van der Waals surface area contributed by atoms with Crippen molar-refractivity contribution in [3.63, 3.8) is 0 Å². The molecule has 1 aromatic heterocycles. The van der Waals surface area contributed by atoms with Gasteiger partial charge in [-0.3, -0.25) is 0 Å². The molecule has 3 aromatic carbocycles. The first kappa shape index (κ1) is 16.1. The van der Waals surface area contributed by atoms with Gasteiger partial charge in [0, 0.05) is 32.9 Å². The fraction of sp³-hybridized carbons (Fsp3) is 0.0435. The molecule has 0 spiro atoms. The molecule has 0 bridgehead atoms. The van der Waals surface area contributed by atoms with Gasteiger partial charge in [-0.15, -0.1) is 0 Å². The summed E-state index contributed by atoms with van der Waals surface area (Å²) >= 11 is 7.30. The van der Waals surface area contributed by atoms with E-state index in [1.165, 1.54) is 33.5 Å². The van der Waals surface area contributed by atoms with Gasteiger partial charge in [-0.2, -0.15) is 0 Å². The maximum absolute atomic E-state index is 3.65. The van der Waals surface area contributed by atoms with Crippen molar-refractivity contribution in [1.82, 2.24) is 4.57 Å². The summed E-state index contributed by atoms with van der Waals surface area (Å²) in [5.41, 5.74) is 7.88. The Balaban J connectivity index is 1.67. The van der Waals surface area contributed by atoms with Crippen LogP contribution in [0.1, 0.15) is 22.6 Å². The van der Waals surface area contributed by atoms with E-state index < -0.39 is 0 Å². The Morgan fingerprint density at radius 3 is 1.73 bits per heavy atom. The zero-order chi connectivity index (χ0) is 17.7. The SMILES string of the molecule is Brc1ccc2c(c1)C(c1ccc(-n3cccc3)cc1)c1cc(Br)ccc1-2. The summed E-state index contributed by atoms with van der Waals surface area (Å²) in [6.07, 6.45) is 4.15. The molecule has 26 heavy (non-hydrogen) atoms. The number of rotatable bonds is 2. The topological polar surface area (TPSA) is 4.93 Å². The molecule has 1 nitrogen and oxygen atoms in total. The van der Waals surface area contributed by atoms with Gasteiger partial charge in [0.25, 0.3) is 0 Å². The number of hydrogen-bond acceptors (Lipinski definition) is 0. The molecule has 0 radical (unpaired) electrons. The average molecular weight is 465 g/mol. The van der Waals surface area contributed by atoms with Crippen molar-refractivity contribution >= 4 is 31.9 Å². The van der Waals surface area contributed by atoms with E-state index in [2.05, 4.69) is 109 Å². The lowest BCUT2D eigenvalue weighted by Gasteiger charge is -2.16. The van der Waals surface area contributed by atoms with E-state index >= 15 is 0 Å². The number of aromatic nitrogens is 1. The Kier molecular flexibility index (Phi) is 3.87. The molecule has 0 fully saturated rings. The summed E-state index contributed by atoms with van der Waals surface area (Å²) < 4.78 is 4.38. The Morgan fingerprint density at radius 2 is 1.19 bits per heavy atom. The van der Waals surface area contributed by atoms with Crippen LogP contribution in [0.2, 0.25) is 0 Å². The van der Waals surface area contributed by atoms with Crippen LogP contribution in [0.3, 0.4) is 0 Å². The van der Waals surface area contributed by atoms with Gasteiger partial charge in [0.1, 0.15) is 0 Å². The van der Waals surface area contributed by atoms with Crippen LogP contribution in [0.5, 0.6) is 0 Å². The summed E-state index contributed by atoms with van der Waals surface area (Å²) in [4.78, 5) is 0. The lowest BCUT2D eigenvalue weighted by Crippen LogP contribution is -2.00. The highest BCUT2D eigenvalue weighted by molar-refractivity contribution is 9.10. The molecule has 0 atom stereocenters. The lowest BCUT2D eigenvalue weighted by atomic mass is 9.89. The highest BCUT2D eigenvalue weighted by atomic mass is 79.9. The summed E-state index contributed by atoms with van der Waals surface area (Å²) in [5, 5.41) is 0. The monoisotopic (exact) mass is 463 g/mol. The maximum atomic E-state index is 3.65. The standard InChI is InChI=1S/C23H15Br2N/c24-16-5-9-19-20-10-6-17(25)14-22(20)23(21(19)13-16)15-3-7-18(8-4-15)26-11-1-2-12-26/h1-14,23H. The number of halogens is 2. The molecule has 1 aliphatic carbocycles. The first-order valence-electron chi connectivity index (χ1n) is 8.53. The predicted octanol–water partition coefficient (Wildman–Crippen LogP) is 7.16. The Morgan fingerprint density at radius 1 is 0.654 bits per heavy atom. The second-order valence-electron chi connectivity index (χ2n) is 6.58. The smallest absolute Gasteiger partial charge is 0.0449 e. The van der Waals surface area contributed by atoms with Crippen LogP contribution in [-0.4, -0.2) is 4.57 Å². The molecule has 1 aliphatic rings. The quantitative estimate of drug-likeness (QED) is 0.261. The summed E-state index contributed by atoms with van der Waals surface area (Å²) in [7, 11) is 0. The van der Waals surface area contributed by atoms with Gasteiger partial charge < -0.3 is 4.57 Å². The first-order chi connectivity index (χ1) is 12.7. The molecule has 126 valence electrons. The summed E-state index contributed by atoms with van der Waals surface area (Å²) in [6, 6.07) is 26.2. The van der Waals surface area contributed by atoms with E-state index in [0.29, 0.717) is 0 Å². The number of fused-ring (bicyclic) bond motifs is 3. The molecule has 0 saturated heterocycles. The van der Waals surface area contributed by atoms with Crippen molar-refractivity contribution in [2.75, 3.05) is 0 Å². The normalized spacial score (nSPS) is 12.8. The van der Waals surface area contributed by atoms with Gasteiger partial charge in [0.15, 0.2) is 0 Å². The van der Waals surface area contributed by atoms with Crippen LogP contribution in [0.25, 0.3) is 16.8 Å². The van der Waals surface area contributed by atoms with Gasteiger partial charge in [0.05, 0.1) is 0 Å². The van der Waals surface area contributed by atoms with Crippen LogP contribution in [0, 0.1) is 0 Å². The van der Waals surface area contributed by atoms with Gasteiger partial charge in [-0.1, -0.05) is 56.1 Å². The highest BCUT2D eigenvalue weighted by Crippen LogP contribution is 2.49. The fourth-order valence-corrected chi connectivity index (χ4v) is 4.67. The minimum Gasteiger partial charge on any atom is -0.324 e. The third-order valence-corrected chi connectivity index (χ3v) is 6.05. The van der Waals surface area contributed by atoms with E-state index in [1.807, 2.05) is 12.1 Å². The number of benzene rings is 3. The second-order valence-corrected chi connectivity index (χ2v) is 8.41. The van der Waals surface area contributed by atoms with Crippen LogP contribution < -0.4 is 0 Å². The number of hydrogen-bond donors (Lipinski definition) is 0. The van der Waals surface area contributed by atoms with Gasteiger partial charge in [0.2, 0.25) is 0 Å². The molecule has 0 unspecified atom stereocenters. The maximum Gasteiger partial charge on any atom is 0.0449 e. The number of nitrogens with zero attached hydrogens (tertiary/aromatic N) is 1. The Hall–Kier alpha value is -2.10. The second kappa shape index (κ2) is 6.26. The molecule has 3 heteroatoms. The van der Waals surface area contributed by atoms with Crippen LogP contribution >= 0.6 is 31.9 Å². The van der Waals surface area contributed by atoms with Crippen LogP contribution in [-0.2, 0) is 0 Å². The van der Waals surface area contributed by atoms with Crippen LogP contribution in [0.4, 0.5) is 0 Å². The Bertz CT molecular complexity index is 1040. The fourth-order valence-electron chi connectivity index (χ4n) is 3.91. The molecule has 0 saturated carbocycles. The molecule has 0 aliphatic heterocycles. The highest BCUT2D eigenvalue weighted by Gasteiger charge is 2.30. The van der Waals surface area contributed by atoms with Crippen molar-refractivity contribution in [1.29, 1.82) is 0 Å². The molecular weight excluding hydrogens is 450 g/mol. The van der Waals surface area contributed by atoms with E-state index in [-0.39, 0.29) is 5.92 Å². The van der Waals surface area contributed by atoms with Gasteiger partial charge in [-0.25, -0.2) is 0 Å². The van der Waals surface area contributed by atoms with Crippen molar-refractivity contribution < 1.29 is 0 Å². The third-order valence-electron chi connectivity index (χ3n) is 5.07. The predicted molar refractivity (Wildman–Crippen MR) is 114 cm³/mol.